The molecule has 14 nitrogen and oxygen atoms in total. The van der Waals surface area contributed by atoms with Crippen molar-refractivity contribution in [1.82, 2.24) is 24.8 Å². The SMILES string of the molecule is COc1cc(N2CCN(C)CC2)ccc1Nc1nc(Oc2cccc([N+](=O)[O-])c2)c2[nH]c(NC(=O)CCl)nc2n1. The normalized spacial score (nSPS) is 13.7. The third-order valence-corrected chi connectivity index (χ3v) is 6.48. The monoisotopic (exact) mass is 567 g/mol. The lowest BCUT2D eigenvalue weighted by Crippen LogP contribution is -2.44. The molecule has 2 aromatic heterocycles. The van der Waals surface area contributed by atoms with Crippen LogP contribution in [0.15, 0.2) is 42.5 Å². The van der Waals surface area contributed by atoms with Crippen molar-refractivity contribution in [1.29, 1.82) is 0 Å². The number of methoxy groups -OCH3 is 1. The van der Waals surface area contributed by atoms with Gasteiger partial charge in [-0.1, -0.05) is 6.07 Å². The number of nitrogens with zero attached hydrogens (tertiary/aromatic N) is 6. The van der Waals surface area contributed by atoms with E-state index in [1.807, 2.05) is 18.2 Å². The number of halogens is 1. The second kappa shape index (κ2) is 11.6. The van der Waals surface area contributed by atoms with Gasteiger partial charge < -0.3 is 29.6 Å². The zero-order chi connectivity index (χ0) is 28.2. The number of piperazine rings is 1. The van der Waals surface area contributed by atoms with Gasteiger partial charge in [-0.2, -0.15) is 15.0 Å². The number of non-ortho nitro benzene ring substituents is 1. The van der Waals surface area contributed by atoms with Gasteiger partial charge >= 0.3 is 0 Å². The lowest BCUT2D eigenvalue weighted by Gasteiger charge is -2.34. The maximum Gasteiger partial charge on any atom is 0.273 e. The molecule has 2 aromatic carbocycles. The quantitative estimate of drug-likeness (QED) is 0.153. The fourth-order valence-corrected chi connectivity index (χ4v) is 4.23. The molecular weight excluding hydrogens is 542 g/mol. The van der Waals surface area contributed by atoms with E-state index in [1.54, 1.807) is 13.2 Å². The molecule has 0 spiro atoms. The van der Waals surface area contributed by atoms with E-state index < -0.39 is 10.8 Å². The number of hydrogen-bond acceptors (Lipinski definition) is 11. The second-order valence-electron chi connectivity index (χ2n) is 8.97. The van der Waals surface area contributed by atoms with E-state index in [1.165, 1.54) is 18.2 Å². The van der Waals surface area contributed by atoms with Crippen LogP contribution in [0.1, 0.15) is 0 Å². The van der Waals surface area contributed by atoms with Crippen molar-refractivity contribution >= 4 is 57.6 Å². The maximum absolute atomic E-state index is 11.8. The van der Waals surface area contributed by atoms with Crippen LogP contribution in [0.3, 0.4) is 0 Å². The first-order valence-corrected chi connectivity index (χ1v) is 12.8. The van der Waals surface area contributed by atoms with Crippen LogP contribution < -0.4 is 25.0 Å². The predicted molar refractivity (Wildman–Crippen MR) is 150 cm³/mol. The molecule has 3 heterocycles. The average molecular weight is 568 g/mol. The van der Waals surface area contributed by atoms with E-state index in [-0.39, 0.29) is 46.3 Å². The van der Waals surface area contributed by atoms with E-state index in [0.717, 1.165) is 31.9 Å². The standard InChI is InChI=1S/C25H26ClN9O5/c1-33-8-10-34(11-9-33)15-6-7-18(19(13-15)39-2)27-24-30-22-21(29-25(31-22)28-20(36)14-26)23(32-24)40-17-5-3-4-16(12-17)35(37)38/h3-7,12-13H,8-11,14H2,1-2H3,(H3,27,28,29,30,31,32,36). The van der Waals surface area contributed by atoms with Crippen molar-refractivity contribution in [3.05, 3.63) is 52.6 Å². The van der Waals surface area contributed by atoms with Gasteiger partial charge in [0.05, 0.1) is 23.8 Å². The van der Waals surface area contributed by atoms with Gasteiger partial charge in [-0.3, -0.25) is 20.2 Å². The van der Waals surface area contributed by atoms with E-state index in [2.05, 4.69) is 47.4 Å². The number of carbonyl (C=O) groups excluding carboxylic acids is 1. The summed E-state index contributed by atoms with van der Waals surface area (Å²) in [7, 11) is 3.68. The molecule has 208 valence electrons. The van der Waals surface area contributed by atoms with Crippen LogP contribution in [-0.4, -0.2) is 81.9 Å². The summed E-state index contributed by atoms with van der Waals surface area (Å²) in [6.45, 7) is 3.76. The number of fused-ring (bicyclic) bond motifs is 1. The van der Waals surface area contributed by atoms with E-state index >= 15 is 0 Å². The Balaban J connectivity index is 1.49. The number of alkyl halides is 1. The minimum absolute atomic E-state index is 0.0277. The molecule has 3 N–H and O–H groups in total. The summed E-state index contributed by atoms with van der Waals surface area (Å²) in [6.07, 6.45) is 0. The molecule has 1 aliphatic rings. The van der Waals surface area contributed by atoms with E-state index in [9.17, 15) is 14.9 Å². The lowest BCUT2D eigenvalue weighted by molar-refractivity contribution is -0.384. The van der Waals surface area contributed by atoms with Crippen LogP contribution in [0.4, 0.5) is 29.0 Å². The summed E-state index contributed by atoms with van der Waals surface area (Å²) in [4.78, 5) is 43.2. The molecule has 0 radical (unpaired) electrons. The highest BCUT2D eigenvalue weighted by molar-refractivity contribution is 6.29. The zero-order valence-corrected chi connectivity index (χ0v) is 22.4. The molecule has 1 saturated heterocycles. The number of likely N-dealkylation sites (N-methyl/N-ethyl adjacent to an activating group) is 1. The highest BCUT2D eigenvalue weighted by atomic mass is 35.5. The van der Waals surface area contributed by atoms with Crippen LogP contribution in [0.25, 0.3) is 11.2 Å². The lowest BCUT2D eigenvalue weighted by atomic mass is 10.2. The zero-order valence-electron chi connectivity index (χ0n) is 21.7. The molecular formula is C25H26ClN9O5. The average Bonchev–Trinajstić information content (AvgIpc) is 3.36. The number of carbonyl (C=O) groups is 1. The molecule has 0 atom stereocenters. The molecule has 0 bridgehead atoms. The number of aromatic nitrogens is 4. The first kappa shape index (κ1) is 26.9. The summed E-state index contributed by atoms with van der Waals surface area (Å²) in [5, 5.41) is 16.9. The highest BCUT2D eigenvalue weighted by Crippen LogP contribution is 2.34. The third kappa shape index (κ3) is 5.97. The van der Waals surface area contributed by atoms with Crippen LogP contribution in [0.5, 0.6) is 17.4 Å². The number of hydrogen-bond donors (Lipinski definition) is 3. The summed E-state index contributed by atoms with van der Waals surface area (Å²) in [6, 6.07) is 11.5. The van der Waals surface area contributed by atoms with Crippen molar-refractivity contribution in [3.63, 3.8) is 0 Å². The van der Waals surface area contributed by atoms with Gasteiger partial charge in [-0.05, 0) is 25.2 Å². The number of benzene rings is 2. The molecule has 4 aromatic rings. The van der Waals surface area contributed by atoms with Crippen LogP contribution in [0.2, 0.25) is 0 Å². The van der Waals surface area contributed by atoms with Crippen molar-refractivity contribution in [2.75, 3.05) is 61.7 Å². The molecule has 0 saturated carbocycles. The van der Waals surface area contributed by atoms with Crippen molar-refractivity contribution < 1.29 is 19.2 Å². The second-order valence-corrected chi connectivity index (χ2v) is 9.24. The van der Waals surface area contributed by atoms with Gasteiger partial charge in [0.1, 0.15) is 17.4 Å². The van der Waals surface area contributed by atoms with E-state index in [4.69, 9.17) is 21.1 Å². The van der Waals surface area contributed by atoms with Gasteiger partial charge in [-0.15, -0.1) is 11.6 Å². The molecule has 0 unspecified atom stereocenters. The Hall–Kier alpha value is -4.69. The van der Waals surface area contributed by atoms with E-state index in [0.29, 0.717) is 11.4 Å². The Morgan fingerprint density at radius 3 is 2.67 bits per heavy atom. The van der Waals surface area contributed by atoms with Gasteiger partial charge in [0.2, 0.25) is 17.8 Å². The predicted octanol–water partition coefficient (Wildman–Crippen LogP) is 3.73. The minimum Gasteiger partial charge on any atom is -0.494 e. The first-order chi connectivity index (χ1) is 19.3. The van der Waals surface area contributed by atoms with Crippen molar-refractivity contribution in [3.8, 4) is 17.4 Å². The Labute approximate surface area is 233 Å². The number of nitrogens with one attached hydrogen (secondary N) is 3. The Kier molecular flexibility index (Phi) is 7.79. The maximum atomic E-state index is 11.8. The van der Waals surface area contributed by atoms with Gasteiger partial charge in [0.15, 0.2) is 11.2 Å². The third-order valence-electron chi connectivity index (χ3n) is 6.24. The fraction of sp³-hybridized carbons (Fsp3) is 0.280. The number of rotatable bonds is 9. The Morgan fingerprint density at radius 2 is 1.95 bits per heavy atom. The minimum atomic E-state index is -0.524. The summed E-state index contributed by atoms with van der Waals surface area (Å²) in [5.41, 5.74) is 1.93. The number of H-pyrrole nitrogens is 1. The summed E-state index contributed by atoms with van der Waals surface area (Å²) in [5.74, 6) is 0.258. The number of amides is 1. The van der Waals surface area contributed by atoms with Gasteiger partial charge in [0, 0.05) is 44.0 Å². The number of ether oxygens (including phenoxy) is 2. The molecule has 5 rings (SSSR count). The Morgan fingerprint density at radius 1 is 1.15 bits per heavy atom. The van der Waals surface area contributed by atoms with Gasteiger partial charge in [0.25, 0.3) is 11.6 Å². The molecule has 1 aliphatic heterocycles. The van der Waals surface area contributed by atoms with Gasteiger partial charge in [-0.25, -0.2) is 0 Å². The molecule has 15 heteroatoms. The van der Waals surface area contributed by atoms with Crippen molar-refractivity contribution in [2.24, 2.45) is 0 Å². The smallest absolute Gasteiger partial charge is 0.273 e. The first-order valence-electron chi connectivity index (χ1n) is 12.3. The van der Waals surface area contributed by atoms with Crippen molar-refractivity contribution in [2.45, 2.75) is 0 Å². The van der Waals surface area contributed by atoms with Crippen LogP contribution in [-0.2, 0) is 4.79 Å². The number of nitro benzene ring substituents is 1. The molecule has 1 fully saturated rings. The Bertz CT molecular complexity index is 1560. The molecule has 1 amide bonds. The number of imidazole rings is 1. The van der Waals surface area contributed by atoms with Crippen LogP contribution in [0, 0.1) is 10.1 Å². The fourth-order valence-electron chi connectivity index (χ4n) is 4.16. The number of nitro groups is 1. The topological polar surface area (TPSA) is 164 Å². The van der Waals surface area contributed by atoms with Crippen LogP contribution >= 0.6 is 11.6 Å². The molecule has 40 heavy (non-hydrogen) atoms. The largest absolute Gasteiger partial charge is 0.494 e. The highest BCUT2D eigenvalue weighted by Gasteiger charge is 2.19. The summed E-state index contributed by atoms with van der Waals surface area (Å²) >= 11 is 5.60. The summed E-state index contributed by atoms with van der Waals surface area (Å²) < 4.78 is 11.6. The number of aromatic amines is 1. The molecule has 0 aliphatic carbocycles. The number of anilines is 4.